The lowest BCUT2D eigenvalue weighted by Gasteiger charge is -2.12. The molecular formula is C11H16F3N3O3. The molecule has 0 aromatic rings. The van der Waals surface area contributed by atoms with E-state index in [0.717, 1.165) is 0 Å². The van der Waals surface area contributed by atoms with E-state index in [9.17, 15) is 18.0 Å². The fourth-order valence-corrected chi connectivity index (χ4v) is 1.78. The number of carbonyl (C=O) groups is 1. The van der Waals surface area contributed by atoms with Crippen LogP contribution in [0.4, 0.5) is 13.2 Å². The Labute approximate surface area is 113 Å². The summed E-state index contributed by atoms with van der Waals surface area (Å²) in [5, 5.41) is 9.51. The minimum Gasteiger partial charge on any atom is -0.394 e. The molecule has 0 saturated heterocycles. The summed E-state index contributed by atoms with van der Waals surface area (Å²) in [5.74, 6) is -1.15. The van der Waals surface area contributed by atoms with Crippen LogP contribution in [0.2, 0.25) is 0 Å². The molecule has 0 amide bonds. The smallest absolute Gasteiger partial charge is 0.394 e. The van der Waals surface area contributed by atoms with Crippen LogP contribution in [-0.2, 0) is 9.63 Å². The minimum absolute atomic E-state index is 0.122. The standard InChI is InChI=1S/C11H16F3N3O3/c1-3-20-17(19)5-16-8-7(4-6(2)9(8)18)10(15)11(12,13)14/h6,19H,3-5,15H2,1-2H3. The van der Waals surface area contributed by atoms with Gasteiger partial charge in [-0.15, -0.1) is 0 Å². The monoisotopic (exact) mass is 295 g/mol. The summed E-state index contributed by atoms with van der Waals surface area (Å²) in [4.78, 5) is 20.1. The molecule has 0 aromatic heterocycles. The Bertz CT molecular complexity index is 446. The summed E-state index contributed by atoms with van der Waals surface area (Å²) >= 11 is 0. The van der Waals surface area contributed by atoms with Crippen LogP contribution in [0.15, 0.2) is 16.3 Å². The predicted octanol–water partition coefficient (Wildman–Crippen LogP) is 1.41. The maximum absolute atomic E-state index is 12.6. The zero-order valence-electron chi connectivity index (χ0n) is 11.1. The van der Waals surface area contributed by atoms with Crippen molar-refractivity contribution in [1.29, 1.82) is 0 Å². The number of carbonyl (C=O) groups excluding carboxylic acids is 1. The molecule has 1 saturated carbocycles. The predicted molar refractivity (Wildman–Crippen MR) is 63.6 cm³/mol. The van der Waals surface area contributed by atoms with Crippen LogP contribution in [-0.4, -0.2) is 41.4 Å². The van der Waals surface area contributed by atoms with Crippen molar-refractivity contribution in [2.75, 3.05) is 13.3 Å². The topological polar surface area (TPSA) is 88.2 Å². The van der Waals surface area contributed by atoms with Crippen LogP contribution in [0, 0.1) is 5.92 Å². The Morgan fingerprint density at radius 2 is 2.20 bits per heavy atom. The van der Waals surface area contributed by atoms with E-state index in [-0.39, 0.29) is 24.3 Å². The first-order valence-corrected chi connectivity index (χ1v) is 5.92. The molecule has 1 atom stereocenters. The molecule has 0 spiro atoms. The van der Waals surface area contributed by atoms with Crippen LogP contribution >= 0.6 is 0 Å². The molecule has 9 heteroatoms. The number of nitrogens with zero attached hydrogens (tertiary/aromatic N) is 2. The summed E-state index contributed by atoms with van der Waals surface area (Å²) in [6, 6.07) is 0. The zero-order chi connectivity index (χ0) is 15.5. The first kappa shape index (κ1) is 16.6. The normalized spacial score (nSPS) is 24.9. The minimum atomic E-state index is -4.72. The van der Waals surface area contributed by atoms with Gasteiger partial charge in [-0.2, -0.15) is 13.2 Å². The van der Waals surface area contributed by atoms with Crippen molar-refractivity contribution in [2.24, 2.45) is 16.6 Å². The Balaban J connectivity index is 3.06. The lowest BCUT2D eigenvalue weighted by atomic mass is 10.1. The van der Waals surface area contributed by atoms with Gasteiger partial charge in [0.05, 0.1) is 6.61 Å². The quantitative estimate of drug-likeness (QED) is 0.766. The van der Waals surface area contributed by atoms with Gasteiger partial charge in [-0.25, -0.2) is 0 Å². The van der Waals surface area contributed by atoms with E-state index in [0.29, 0.717) is 5.23 Å². The third-order valence-electron chi connectivity index (χ3n) is 2.74. The zero-order valence-corrected chi connectivity index (χ0v) is 11.1. The molecule has 0 radical (unpaired) electrons. The van der Waals surface area contributed by atoms with Gasteiger partial charge in [0.25, 0.3) is 0 Å². The number of Topliss-reactive ketones (excluding diaryl/α,β-unsaturated/α-hetero) is 1. The van der Waals surface area contributed by atoms with Gasteiger partial charge < -0.3 is 5.73 Å². The van der Waals surface area contributed by atoms with Crippen LogP contribution in [0.1, 0.15) is 20.3 Å². The van der Waals surface area contributed by atoms with Gasteiger partial charge in [-0.3, -0.25) is 19.8 Å². The van der Waals surface area contributed by atoms with Gasteiger partial charge in [0.15, 0.2) is 5.78 Å². The molecule has 1 aliphatic carbocycles. The van der Waals surface area contributed by atoms with Crippen molar-refractivity contribution >= 4 is 11.5 Å². The van der Waals surface area contributed by atoms with Crippen LogP contribution < -0.4 is 5.73 Å². The molecule has 114 valence electrons. The molecule has 1 fully saturated rings. The number of hydrogen-bond acceptors (Lipinski definition) is 6. The molecule has 1 rings (SSSR count). The van der Waals surface area contributed by atoms with E-state index < -0.39 is 30.2 Å². The molecule has 1 aliphatic rings. The SMILES string of the molecule is CCON(O)CN=C1C(=O)C(C)CC1=C(N)C(F)(F)F. The van der Waals surface area contributed by atoms with Crippen molar-refractivity contribution in [1.82, 2.24) is 5.23 Å². The highest BCUT2D eigenvalue weighted by atomic mass is 19.4. The highest BCUT2D eigenvalue weighted by molar-refractivity contribution is 6.49. The molecule has 6 nitrogen and oxygen atoms in total. The van der Waals surface area contributed by atoms with Crippen molar-refractivity contribution < 1.29 is 28.0 Å². The number of halogens is 3. The molecule has 20 heavy (non-hydrogen) atoms. The Morgan fingerprint density at radius 1 is 1.60 bits per heavy atom. The number of ketones is 1. The lowest BCUT2D eigenvalue weighted by Crippen LogP contribution is -2.26. The molecule has 1 unspecified atom stereocenters. The number of allylic oxidation sites excluding steroid dienone is 2. The number of nitrogens with two attached hydrogens (primary N) is 1. The summed E-state index contributed by atoms with van der Waals surface area (Å²) in [5.41, 5.74) is 3.04. The van der Waals surface area contributed by atoms with Gasteiger partial charge in [-0.05, 0) is 18.6 Å². The van der Waals surface area contributed by atoms with E-state index in [1.54, 1.807) is 6.92 Å². The highest BCUT2D eigenvalue weighted by Gasteiger charge is 2.41. The Morgan fingerprint density at radius 3 is 2.70 bits per heavy atom. The average molecular weight is 295 g/mol. The van der Waals surface area contributed by atoms with Gasteiger partial charge >= 0.3 is 6.18 Å². The van der Waals surface area contributed by atoms with E-state index in [2.05, 4.69) is 9.83 Å². The first-order valence-electron chi connectivity index (χ1n) is 5.92. The summed E-state index contributed by atoms with van der Waals surface area (Å²) in [6.07, 6.45) is -4.84. The molecule has 0 aliphatic heterocycles. The third-order valence-corrected chi connectivity index (χ3v) is 2.74. The maximum atomic E-state index is 12.6. The second-order valence-electron chi connectivity index (χ2n) is 4.28. The molecule has 3 N–H and O–H groups in total. The van der Waals surface area contributed by atoms with Crippen molar-refractivity contribution in [3.63, 3.8) is 0 Å². The molecule has 0 aromatic carbocycles. The van der Waals surface area contributed by atoms with Gasteiger partial charge in [-0.1, -0.05) is 6.92 Å². The van der Waals surface area contributed by atoms with Crippen LogP contribution in [0.5, 0.6) is 0 Å². The van der Waals surface area contributed by atoms with Crippen molar-refractivity contribution in [3.8, 4) is 0 Å². The molecule has 0 bridgehead atoms. The maximum Gasteiger partial charge on any atom is 0.431 e. The largest absolute Gasteiger partial charge is 0.431 e. The Hall–Kier alpha value is -1.45. The van der Waals surface area contributed by atoms with Gasteiger partial charge in [0.1, 0.15) is 18.1 Å². The van der Waals surface area contributed by atoms with Gasteiger partial charge in [0, 0.05) is 11.5 Å². The second-order valence-corrected chi connectivity index (χ2v) is 4.28. The first-order chi connectivity index (χ1) is 9.18. The van der Waals surface area contributed by atoms with Crippen LogP contribution in [0.3, 0.4) is 0 Å². The molecule has 0 heterocycles. The number of alkyl halides is 3. The number of aliphatic imine (C=N–C) groups is 1. The van der Waals surface area contributed by atoms with E-state index in [1.165, 1.54) is 6.92 Å². The summed E-state index contributed by atoms with van der Waals surface area (Å²) in [7, 11) is 0. The van der Waals surface area contributed by atoms with Gasteiger partial charge in [0.2, 0.25) is 0 Å². The fraction of sp³-hybridized carbons (Fsp3) is 0.636. The third kappa shape index (κ3) is 3.78. The van der Waals surface area contributed by atoms with E-state index >= 15 is 0 Å². The van der Waals surface area contributed by atoms with E-state index in [1.807, 2.05) is 0 Å². The number of hydroxylamine groups is 2. The number of rotatable bonds is 4. The second kappa shape index (κ2) is 6.33. The highest BCUT2D eigenvalue weighted by Crippen LogP contribution is 2.32. The van der Waals surface area contributed by atoms with E-state index in [4.69, 9.17) is 10.9 Å². The van der Waals surface area contributed by atoms with Crippen LogP contribution in [0.25, 0.3) is 0 Å². The van der Waals surface area contributed by atoms with Crippen molar-refractivity contribution in [3.05, 3.63) is 11.3 Å². The summed E-state index contributed by atoms with van der Waals surface area (Å²) in [6.45, 7) is 2.77. The number of hydrogen-bond donors (Lipinski definition) is 2. The fourth-order valence-electron chi connectivity index (χ4n) is 1.78. The van der Waals surface area contributed by atoms with Crippen molar-refractivity contribution in [2.45, 2.75) is 26.4 Å². The average Bonchev–Trinajstić information content (AvgIpc) is 2.61. The molecular weight excluding hydrogens is 279 g/mol. The summed E-state index contributed by atoms with van der Waals surface area (Å²) < 4.78 is 37.8. The lowest BCUT2D eigenvalue weighted by molar-refractivity contribution is -0.336. The Kier molecular flexibility index (Phi) is 5.26.